The molecule has 1 N–H and O–H groups in total. The number of nitrogens with zero attached hydrogens (tertiary/aromatic N) is 3. The number of aryl methyl sites for hydroxylation is 1. The molecule has 4 heterocycles. The fraction of sp³-hybridized carbons (Fsp3) is 0.500. The lowest BCUT2D eigenvalue weighted by Gasteiger charge is -2.38. The highest BCUT2D eigenvalue weighted by Crippen LogP contribution is 2.44. The average molecular weight is 369 g/mol. The molecule has 0 radical (unpaired) electrons. The Bertz CT molecular complexity index is 880. The normalized spacial score (nSPS) is 19.2. The molecule has 1 aromatic carbocycles. The van der Waals surface area contributed by atoms with Gasteiger partial charge in [0.15, 0.2) is 11.6 Å². The van der Waals surface area contributed by atoms with E-state index in [1.807, 2.05) is 19.1 Å². The summed E-state index contributed by atoms with van der Waals surface area (Å²) in [5.74, 6) is 2.53. The molecule has 0 atom stereocenters. The highest BCUT2D eigenvalue weighted by atomic mass is 16.5. The van der Waals surface area contributed by atoms with Crippen molar-refractivity contribution in [3.8, 4) is 28.5 Å². The van der Waals surface area contributed by atoms with Gasteiger partial charge >= 0.3 is 0 Å². The number of rotatable bonds is 2. The first-order chi connectivity index (χ1) is 13.2. The zero-order valence-electron chi connectivity index (χ0n) is 15.4. The molecule has 1 aromatic heterocycles. The summed E-state index contributed by atoms with van der Waals surface area (Å²) in [6, 6.07) is 4.28. The predicted octanol–water partition coefficient (Wildman–Crippen LogP) is 2.47. The van der Waals surface area contributed by atoms with E-state index in [-0.39, 0.29) is 5.75 Å². The van der Waals surface area contributed by atoms with Gasteiger partial charge in [-0.3, -0.25) is 0 Å². The Labute approximate surface area is 157 Å². The van der Waals surface area contributed by atoms with Crippen molar-refractivity contribution < 1.29 is 19.3 Å². The second kappa shape index (κ2) is 6.56. The van der Waals surface area contributed by atoms with Gasteiger partial charge in [0.25, 0.3) is 0 Å². The van der Waals surface area contributed by atoms with Crippen molar-refractivity contribution in [2.45, 2.75) is 32.2 Å². The van der Waals surface area contributed by atoms with E-state index < -0.39 is 0 Å². The number of benzene rings is 1. The van der Waals surface area contributed by atoms with Crippen molar-refractivity contribution in [2.24, 2.45) is 0 Å². The molecule has 0 saturated carbocycles. The quantitative estimate of drug-likeness (QED) is 0.871. The van der Waals surface area contributed by atoms with Crippen LogP contribution in [0, 0.1) is 6.92 Å². The molecule has 7 heteroatoms. The summed E-state index contributed by atoms with van der Waals surface area (Å²) in [7, 11) is 0. The second-order valence-electron chi connectivity index (χ2n) is 7.30. The number of anilines is 1. The fourth-order valence-corrected chi connectivity index (χ4v) is 4.27. The lowest BCUT2D eigenvalue weighted by Crippen LogP contribution is -2.44. The third-order valence-electron chi connectivity index (χ3n) is 5.66. The summed E-state index contributed by atoms with van der Waals surface area (Å²) in [5.41, 5.74) is 3.10. The van der Waals surface area contributed by atoms with E-state index in [2.05, 4.69) is 15.1 Å². The van der Waals surface area contributed by atoms with Gasteiger partial charge < -0.3 is 24.2 Å². The number of phenolic OH excluding ortho intramolecular Hbond substituents is 1. The van der Waals surface area contributed by atoms with Crippen molar-refractivity contribution in [2.75, 3.05) is 37.9 Å². The number of hydrogen-bond donors (Lipinski definition) is 1. The van der Waals surface area contributed by atoms with Gasteiger partial charge in [-0.25, -0.2) is 0 Å². The van der Waals surface area contributed by atoms with E-state index in [1.165, 1.54) is 0 Å². The van der Waals surface area contributed by atoms with E-state index in [0.29, 0.717) is 36.9 Å². The second-order valence-corrected chi connectivity index (χ2v) is 7.30. The Balaban J connectivity index is 1.53. The molecule has 0 aliphatic carbocycles. The van der Waals surface area contributed by atoms with E-state index in [1.54, 1.807) is 0 Å². The van der Waals surface area contributed by atoms with Gasteiger partial charge in [0.1, 0.15) is 23.8 Å². The van der Waals surface area contributed by atoms with Crippen LogP contribution in [0.2, 0.25) is 0 Å². The van der Waals surface area contributed by atoms with Gasteiger partial charge in [-0.1, -0.05) is 0 Å². The molecule has 0 amide bonds. The van der Waals surface area contributed by atoms with E-state index in [4.69, 9.17) is 14.2 Å². The van der Waals surface area contributed by atoms with Crippen LogP contribution in [-0.4, -0.2) is 54.3 Å². The summed E-state index contributed by atoms with van der Waals surface area (Å²) in [6.45, 7) is 5.56. The summed E-state index contributed by atoms with van der Waals surface area (Å²) in [4.78, 5) is 2.29. The summed E-state index contributed by atoms with van der Waals surface area (Å²) < 4.78 is 17.0. The van der Waals surface area contributed by atoms with Gasteiger partial charge in [0.2, 0.25) is 0 Å². The van der Waals surface area contributed by atoms with Crippen LogP contribution in [0.3, 0.4) is 0 Å². The number of hydrogen-bond acceptors (Lipinski definition) is 7. The van der Waals surface area contributed by atoms with Crippen molar-refractivity contribution >= 4 is 5.82 Å². The maximum absolute atomic E-state index is 10.8. The molecule has 0 bridgehead atoms. The average Bonchev–Trinajstić information content (AvgIpc) is 3.17. The van der Waals surface area contributed by atoms with Crippen LogP contribution in [0.25, 0.3) is 11.3 Å². The molecule has 7 nitrogen and oxygen atoms in total. The van der Waals surface area contributed by atoms with Crippen molar-refractivity contribution in [3.05, 3.63) is 23.3 Å². The minimum Gasteiger partial charge on any atom is -0.507 e. The molecule has 142 valence electrons. The van der Waals surface area contributed by atoms with Gasteiger partial charge in [-0.2, -0.15) is 0 Å². The summed E-state index contributed by atoms with van der Waals surface area (Å²) in [6.07, 6.45) is 2.70. The topological polar surface area (TPSA) is 76.9 Å². The zero-order chi connectivity index (χ0) is 18.4. The minimum absolute atomic E-state index is 0.244. The Kier molecular flexibility index (Phi) is 4.04. The highest BCUT2D eigenvalue weighted by molar-refractivity contribution is 5.76. The van der Waals surface area contributed by atoms with Crippen molar-refractivity contribution in [1.29, 1.82) is 0 Å². The molecule has 3 aliphatic heterocycles. The highest BCUT2D eigenvalue weighted by Gasteiger charge is 2.30. The van der Waals surface area contributed by atoms with Crippen LogP contribution < -0.4 is 14.4 Å². The Morgan fingerprint density at radius 2 is 1.85 bits per heavy atom. The number of phenols is 1. The van der Waals surface area contributed by atoms with Crippen molar-refractivity contribution in [1.82, 2.24) is 10.2 Å². The van der Waals surface area contributed by atoms with Gasteiger partial charge in [-0.05, 0) is 31.4 Å². The largest absolute Gasteiger partial charge is 0.507 e. The maximum atomic E-state index is 10.8. The molecule has 0 unspecified atom stereocenters. The Hall–Kier alpha value is -2.54. The van der Waals surface area contributed by atoms with E-state index in [0.717, 1.165) is 61.0 Å². The molecule has 0 spiro atoms. The van der Waals surface area contributed by atoms with Gasteiger partial charge in [0, 0.05) is 42.9 Å². The van der Waals surface area contributed by atoms with Crippen LogP contribution in [0.5, 0.6) is 17.2 Å². The molecule has 1 fully saturated rings. The van der Waals surface area contributed by atoms with Crippen LogP contribution in [0.4, 0.5) is 5.82 Å². The Morgan fingerprint density at radius 3 is 2.70 bits per heavy atom. The lowest BCUT2D eigenvalue weighted by atomic mass is 9.98. The molecule has 1 saturated heterocycles. The number of aromatic hydroxyl groups is 1. The zero-order valence-corrected chi connectivity index (χ0v) is 15.4. The van der Waals surface area contributed by atoms with Crippen LogP contribution in [0.1, 0.15) is 24.0 Å². The first kappa shape index (κ1) is 16.6. The van der Waals surface area contributed by atoms with Gasteiger partial charge in [0.05, 0.1) is 13.2 Å². The molecular formula is C20H23N3O4. The monoisotopic (exact) mass is 369 g/mol. The van der Waals surface area contributed by atoms with Crippen LogP contribution in [0.15, 0.2) is 12.1 Å². The fourth-order valence-electron chi connectivity index (χ4n) is 4.27. The molecule has 27 heavy (non-hydrogen) atoms. The number of ether oxygens (including phenoxy) is 3. The molecule has 3 aliphatic rings. The number of fused-ring (bicyclic) bond motifs is 2. The summed E-state index contributed by atoms with van der Waals surface area (Å²) in [5, 5.41) is 19.7. The van der Waals surface area contributed by atoms with E-state index in [9.17, 15) is 5.11 Å². The third-order valence-corrected chi connectivity index (χ3v) is 5.66. The van der Waals surface area contributed by atoms with Gasteiger partial charge in [-0.15, -0.1) is 10.2 Å². The maximum Gasteiger partial charge on any atom is 0.194 e. The first-order valence-electron chi connectivity index (χ1n) is 9.56. The molecule has 5 rings (SSSR count). The summed E-state index contributed by atoms with van der Waals surface area (Å²) >= 11 is 0. The van der Waals surface area contributed by atoms with E-state index >= 15 is 0 Å². The number of aromatic nitrogens is 2. The smallest absolute Gasteiger partial charge is 0.194 e. The first-order valence-corrected chi connectivity index (χ1v) is 9.56. The standard InChI is InChI=1S/C20H23N3O4/c1-12-10-16-14(4-8-26-16)19(24)18(12)15-11-17-20(22-21-15)23(5-9-27-17)13-2-6-25-7-3-13/h10-11,13,24H,2-9H2,1H3. The SMILES string of the molecule is Cc1cc2c(c(O)c1-c1cc3c(nn1)N(C1CCOCC1)CCO3)CCO2. The molecular weight excluding hydrogens is 346 g/mol. The molecule has 2 aromatic rings. The van der Waals surface area contributed by atoms with Crippen molar-refractivity contribution in [3.63, 3.8) is 0 Å². The predicted molar refractivity (Wildman–Crippen MR) is 99.8 cm³/mol. The van der Waals surface area contributed by atoms with Crippen LogP contribution >= 0.6 is 0 Å². The lowest BCUT2D eigenvalue weighted by molar-refractivity contribution is 0.0825. The Morgan fingerprint density at radius 1 is 1.04 bits per heavy atom. The van der Waals surface area contributed by atoms with Crippen LogP contribution in [-0.2, 0) is 11.2 Å². The third kappa shape index (κ3) is 2.77. The minimum atomic E-state index is 0.244.